The van der Waals surface area contributed by atoms with Crippen LogP contribution in [0.4, 0.5) is 0 Å². The molecule has 1 unspecified atom stereocenters. The van der Waals surface area contributed by atoms with Crippen molar-refractivity contribution in [1.82, 2.24) is 5.32 Å². The highest BCUT2D eigenvalue weighted by atomic mass is 32.1. The van der Waals surface area contributed by atoms with E-state index < -0.39 is 0 Å². The van der Waals surface area contributed by atoms with Gasteiger partial charge < -0.3 is 5.32 Å². The van der Waals surface area contributed by atoms with Crippen molar-refractivity contribution in [3.05, 3.63) is 21.9 Å². The number of nitrogens with one attached hydrogen (secondary N) is 1. The monoisotopic (exact) mass is 279 g/mol. The number of thiophene rings is 1. The van der Waals surface area contributed by atoms with E-state index in [9.17, 15) is 0 Å². The van der Waals surface area contributed by atoms with E-state index in [0.717, 1.165) is 18.4 Å². The van der Waals surface area contributed by atoms with Crippen molar-refractivity contribution >= 4 is 11.3 Å². The molecule has 2 rings (SSSR count). The minimum atomic E-state index is 0.601. The third-order valence-corrected chi connectivity index (χ3v) is 5.65. The smallest absolute Gasteiger partial charge is 0.0359 e. The Morgan fingerprint density at radius 2 is 2.00 bits per heavy atom. The van der Waals surface area contributed by atoms with Crippen molar-refractivity contribution in [3.63, 3.8) is 0 Å². The molecule has 0 bridgehead atoms. The molecule has 1 aromatic rings. The van der Waals surface area contributed by atoms with Crippen molar-refractivity contribution < 1.29 is 0 Å². The largest absolute Gasteiger partial charge is 0.310 e. The number of aryl methyl sites for hydroxylation is 1. The molecule has 1 fully saturated rings. The van der Waals surface area contributed by atoms with Crippen LogP contribution in [0.15, 0.2) is 11.4 Å². The minimum Gasteiger partial charge on any atom is -0.310 e. The molecule has 1 nitrogen and oxygen atoms in total. The Balaban J connectivity index is 2.04. The van der Waals surface area contributed by atoms with Crippen LogP contribution in [0.5, 0.6) is 0 Å². The molecule has 1 atom stereocenters. The first-order valence-corrected chi connectivity index (χ1v) is 8.91. The predicted octanol–water partition coefficient (Wildman–Crippen LogP) is 5.31. The van der Waals surface area contributed by atoms with Gasteiger partial charge >= 0.3 is 0 Å². The van der Waals surface area contributed by atoms with Gasteiger partial charge in [0.05, 0.1) is 0 Å². The normalized spacial score (nSPS) is 25.4. The summed E-state index contributed by atoms with van der Waals surface area (Å²) in [6.45, 7) is 8.03. The van der Waals surface area contributed by atoms with Crippen LogP contribution < -0.4 is 5.32 Å². The maximum atomic E-state index is 3.82. The van der Waals surface area contributed by atoms with E-state index in [1.54, 1.807) is 5.56 Å². The Morgan fingerprint density at radius 1 is 1.26 bits per heavy atom. The lowest BCUT2D eigenvalue weighted by molar-refractivity contribution is 0.218. The molecule has 0 aliphatic heterocycles. The van der Waals surface area contributed by atoms with Gasteiger partial charge in [-0.3, -0.25) is 0 Å². The summed E-state index contributed by atoms with van der Waals surface area (Å²) in [5.41, 5.74) is 1.57. The Hall–Kier alpha value is -0.340. The fourth-order valence-electron chi connectivity index (χ4n) is 3.48. The number of hydrogen-bond acceptors (Lipinski definition) is 2. The van der Waals surface area contributed by atoms with E-state index in [4.69, 9.17) is 0 Å². The molecule has 1 saturated carbocycles. The molecule has 0 aromatic carbocycles. The van der Waals surface area contributed by atoms with E-state index in [2.05, 4.69) is 37.5 Å². The summed E-state index contributed by atoms with van der Waals surface area (Å²) in [4.78, 5) is 1.51. The molecule has 0 saturated heterocycles. The lowest BCUT2D eigenvalue weighted by Crippen LogP contribution is -2.31. The van der Waals surface area contributed by atoms with Crippen LogP contribution in [-0.2, 0) is 0 Å². The molecular weight excluding hydrogens is 250 g/mol. The topological polar surface area (TPSA) is 12.0 Å². The van der Waals surface area contributed by atoms with Gasteiger partial charge in [0.25, 0.3) is 0 Å². The maximum Gasteiger partial charge on any atom is 0.0359 e. The lowest BCUT2D eigenvalue weighted by atomic mass is 9.76. The Labute approximate surface area is 122 Å². The third kappa shape index (κ3) is 3.82. The quantitative estimate of drug-likeness (QED) is 0.743. The molecular formula is C17H29NS. The molecule has 1 aliphatic carbocycles. The van der Waals surface area contributed by atoms with E-state index in [-0.39, 0.29) is 0 Å². The molecule has 1 N–H and O–H groups in total. The summed E-state index contributed by atoms with van der Waals surface area (Å²) < 4.78 is 0. The van der Waals surface area contributed by atoms with Crippen LogP contribution in [0.1, 0.15) is 68.9 Å². The summed E-state index contributed by atoms with van der Waals surface area (Å²) in [6, 6.07) is 2.95. The van der Waals surface area contributed by atoms with Gasteiger partial charge in [-0.1, -0.05) is 33.1 Å². The van der Waals surface area contributed by atoms with E-state index in [1.807, 2.05) is 11.3 Å². The number of hydrogen-bond donors (Lipinski definition) is 1. The second-order valence-corrected chi connectivity index (χ2v) is 7.17. The van der Waals surface area contributed by atoms with Crippen molar-refractivity contribution in [1.29, 1.82) is 0 Å². The molecule has 1 heterocycles. The second-order valence-electron chi connectivity index (χ2n) is 6.05. The van der Waals surface area contributed by atoms with Crippen LogP contribution in [-0.4, -0.2) is 6.54 Å². The van der Waals surface area contributed by atoms with Gasteiger partial charge in [-0.05, 0) is 61.6 Å². The minimum absolute atomic E-state index is 0.601. The van der Waals surface area contributed by atoms with E-state index in [1.165, 1.54) is 43.4 Å². The van der Waals surface area contributed by atoms with Gasteiger partial charge in [0.1, 0.15) is 0 Å². The summed E-state index contributed by atoms with van der Waals surface area (Å²) in [5.74, 6) is 1.84. The molecule has 2 heteroatoms. The average molecular weight is 279 g/mol. The van der Waals surface area contributed by atoms with Gasteiger partial charge in [0, 0.05) is 10.9 Å². The standard InChI is InChI=1S/C17H29NS/c1-4-11-18-17(16-10-12-19-13(16)3)15-8-6-14(5-2)7-9-15/h10,12,14-15,17-18H,4-9,11H2,1-3H3. The zero-order valence-electron chi connectivity index (χ0n) is 12.7. The fourth-order valence-corrected chi connectivity index (χ4v) is 4.23. The Morgan fingerprint density at radius 3 is 2.53 bits per heavy atom. The van der Waals surface area contributed by atoms with Crippen molar-refractivity contribution in [3.8, 4) is 0 Å². The molecule has 0 spiro atoms. The summed E-state index contributed by atoms with van der Waals surface area (Å²) in [7, 11) is 0. The first-order valence-electron chi connectivity index (χ1n) is 8.03. The van der Waals surface area contributed by atoms with Crippen molar-refractivity contribution in [2.24, 2.45) is 11.8 Å². The van der Waals surface area contributed by atoms with Crippen molar-refractivity contribution in [2.75, 3.05) is 6.54 Å². The van der Waals surface area contributed by atoms with Gasteiger partial charge in [0.15, 0.2) is 0 Å². The van der Waals surface area contributed by atoms with Crippen LogP contribution in [0.3, 0.4) is 0 Å². The zero-order chi connectivity index (χ0) is 13.7. The van der Waals surface area contributed by atoms with E-state index in [0.29, 0.717) is 6.04 Å². The van der Waals surface area contributed by atoms with E-state index >= 15 is 0 Å². The zero-order valence-corrected chi connectivity index (χ0v) is 13.6. The number of rotatable bonds is 6. The molecule has 0 amide bonds. The molecule has 1 aromatic heterocycles. The first kappa shape index (κ1) is 15.1. The average Bonchev–Trinajstić information content (AvgIpc) is 2.86. The summed E-state index contributed by atoms with van der Waals surface area (Å²) in [5, 5.41) is 6.07. The van der Waals surface area contributed by atoms with Gasteiger partial charge in [0.2, 0.25) is 0 Å². The van der Waals surface area contributed by atoms with Crippen molar-refractivity contribution in [2.45, 2.75) is 65.3 Å². The molecule has 1 aliphatic rings. The summed E-state index contributed by atoms with van der Waals surface area (Å²) >= 11 is 1.90. The molecule has 0 radical (unpaired) electrons. The highest BCUT2D eigenvalue weighted by molar-refractivity contribution is 7.10. The maximum absolute atomic E-state index is 3.82. The van der Waals surface area contributed by atoms with Crippen LogP contribution >= 0.6 is 11.3 Å². The Kier molecular flexibility index (Phi) is 5.90. The van der Waals surface area contributed by atoms with Gasteiger partial charge in [-0.15, -0.1) is 11.3 Å². The summed E-state index contributed by atoms with van der Waals surface area (Å²) in [6.07, 6.45) is 8.30. The highest BCUT2D eigenvalue weighted by Crippen LogP contribution is 2.39. The molecule has 108 valence electrons. The predicted molar refractivity (Wildman–Crippen MR) is 85.8 cm³/mol. The van der Waals surface area contributed by atoms with Crippen LogP contribution in [0, 0.1) is 18.8 Å². The van der Waals surface area contributed by atoms with Gasteiger partial charge in [-0.2, -0.15) is 0 Å². The Bertz CT molecular complexity index is 363. The fraction of sp³-hybridized carbons (Fsp3) is 0.765. The van der Waals surface area contributed by atoms with Gasteiger partial charge in [-0.25, -0.2) is 0 Å². The second kappa shape index (κ2) is 7.44. The lowest BCUT2D eigenvalue weighted by Gasteiger charge is -2.34. The highest BCUT2D eigenvalue weighted by Gasteiger charge is 2.28. The SMILES string of the molecule is CCCNC(c1ccsc1C)C1CCC(CC)CC1. The van der Waals surface area contributed by atoms with Crippen LogP contribution in [0.2, 0.25) is 0 Å². The third-order valence-electron chi connectivity index (χ3n) is 4.79. The molecule has 19 heavy (non-hydrogen) atoms. The first-order chi connectivity index (χ1) is 9.26. The van der Waals surface area contributed by atoms with Crippen LogP contribution in [0.25, 0.3) is 0 Å².